The minimum absolute atomic E-state index is 0.171. The molecular formula is C11H17N5O3. The quantitative estimate of drug-likeness (QED) is 0.409. The second-order valence-corrected chi connectivity index (χ2v) is 4.10. The molecule has 104 valence electrons. The molecule has 1 fully saturated rings. The summed E-state index contributed by atoms with van der Waals surface area (Å²) in [5.74, 6) is 5.51. The monoisotopic (exact) mass is 267 g/mol. The molecule has 2 heterocycles. The van der Waals surface area contributed by atoms with E-state index in [0.717, 1.165) is 18.8 Å². The molecular weight excluding hydrogens is 250 g/mol. The van der Waals surface area contributed by atoms with Crippen molar-refractivity contribution >= 4 is 11.9 Å². The van der Waals surface area contributed by atoms with Crippen LogP contribution in [0.5, 0.6) is 5.88 Å². The van der Waals surface area contributed by atoms with Crippen LogP contribution >= 0.6 is 0 Å². The fourth-order valence-corrected chi connectivity index (χ4v) is 1.68. The Morgan fingerprint density at radius 3 is 2.95 bits per heavy atom. The van der Waals surface area contributed by atoms with Gasteiger partial charge in [-0.2, -0.15) is 4.98 Å². The molecule has 1 aliphatic rings. The predicted octanol–water partition coefficient (Wildman–Crippen LogP) is -1.01. The van der Waals surface area contributed by atoms with Crippen molar-refractivity contribution in [3.8, 4) is 5.88 Å². The Morgan fingerprint density at radius 1 is 1.53 bits per heavy atom. The van der Waals surface area contributed by atoms with Crippen LogP contribution in [0.4, 0.5) is 5.95 Å². The SMILES string of the molecule is Cc1cc(OCC(=O)NN)nc(N2CCOCC2)n1. The van der Waals surface area contributed by atoms with Gasteiger partial charge in [0.05, 0.1) is 13.2 Å². The maximum Gasteiger partial charge on any atom is 0.271 e. The van der Waals surface area contributed by atoms with Gasteiger partial charge in [-0.05, 0) is 6.92 Å². The van der Waals surface area contributed by atoms with Gasteiger partial charge in [-0.3, -0.25) is 10.2 Å². The molecule has 0 aromatic carbocycles. The molecule has 1 aliphatic heterocycles. The van der Waals surface area contributed by atoms with Gasteiger partial charge >= 0.3 is 0 Å². The van der Waals surface area contributed by atoms with Crippen LogP contribution in [0.2, 0.25) is 0 Å². The largest absolute Gasteiger partial charge is 0.467 e. The summed E-state index contributed by atoms with van der Waals surface area (Å²) in [5.41, 5.74) is 2.77. The molecule has 0 aliphatic carbocycles. The van der Waals surface area contributed by atoms with E-state index in [1.807, 2.05) is 17.2 Å². The highest BCUT2D eigenvalue weighted by atomic mass is 16.5. The summed E-state index contributed by atoms with van der Waals surface area (Å²) < 4.78 is 10.5. The third-order valence-electron chi connectivity index (χ3n) is 2.62. The summed E-state index contributed by atoms with van der Waals surface area (Å²) >= 11 is 0. The van der Waals surface area contributed by atoms with E-state index in [9.17, 15) is 4.79 Å². The molecule has 1 aromatic heterocycles. The fraction of sp³-hybridized carbons (Fsp3) is 0.545. The highest BCUT2D eigenvalue weighted by Crippen LogP contribution is 2.16. The van der Waals surface area contributed by atoms with Crippen molar-refractivity contribution in [1.29, 1.82) is 0 Å². The standard InChI is InChI=1S/C11H17N5O3/c1-8-6-10(19-7-9(17)15-12)14-11(13-8)16-2-4-18-5-3-16/h6H,2-5,7,12H2,1H3,(H,15,17). The molecule has 0 bridgehead atoms. The van der Waals surface area contributed by atoms with Crippen LogP contribution in [0.1, 0.15) is 5.69 Å². The molecule has 1 aromatic rings. The number of aryl methyl sites for hydroxylation is 1. The van der Waals surface area contributed by atoms with Gasteiger partial charge in [0.1, 0.15) is 0 Å². The van der Waals surface area contributed by atoms with Gasteiger partial charge in [0.2, 0.25) is 11.8 Å². The Labute approximate surface area is 110 Å². The van der Waals surface area contributed by atoms with E-state index in [2.05, 4.69) is 9.97 Å². The van der Waals surface area contributed by atoms with E-state index < -0.39 is 5.91 Å². The summed E-state index contributed by atoms with van der Waals surface area (Å²) in [4.78, 5) is 21.7. The number of hydrogen-bond acceptors (Lipinski definition) is 7. The van der Waals surface area contributed by atoms with Crippen LogP contribution in [0, 0.1) is 6.92 Å². The van der Waals surface area contributed by atoms with Crippen molar-refractivity contribution < 1.29 is 14.3 Å². The zero-order valence-electron chi connectivity index (χ0n) is 10.8. The van der Waals surface area contributed by atoms with E-state index >= 15 is 0 Å². The van der Waals surface area contributed by atoms with Gasteiger partial charge in [0.25, 0.3) is 5.91 Å². The van der Waals surface area contributed by atoms with Gasteiger partial charge in [0, 0.05) is 24.8 Å². The minimum Gasteiger partial charge on any atom is -0.467 e. The van der Waals surface area contributed by atoms with E-state index in [1.54, 1.807) is 6.07 Å². The van der Waals surface area contributed by atoms with E-state index in [1.165, 1.54) is 0 Å². The van der Waals surface area contributed by atoms with Crippen molar-refractivity contribution in [3.63, 3.8) is 0 Å². The number of amides is 1. The van der Waals surface area contributed by atoms with E-state index in [-0.39, 0.29) is 6.61 Å². The molecule has 3 N–H and O–H groups in total. The lowest BCUT2D eigenvalue weighted by atomic mass is 10.4. The molecule has 8 nitrogen and oxygen atoms in total. The number of carbonyl (C=O) groups excluding carboxylic acids is 1. The molecule has 1 amide bonds. The first kappa shape index (κ1) is 13.5. The average molecular weight is 267 g/mol. The number of rotatable bonds is 4. The normalized spacial score (nSPS) is 15.2. The fourth-order valence-electron chi connectivity index (χ4n) is 1.68. The van der Waals surface area contributed by atoms with Gasteiger partial charge in [-0.15, -0.1) is 0 Å². The minimum atomic E-state index is -0.413. The van der Waals surface area contributed by atoms with Crippen LogP contribution in [0.15, 0.2) is 6.07 Å². The number of carbonyl (C=O) groups is 1. The molecule has 0 atom stereocenters. The second-order valence-electron chi connectivity index (χ2n) is 4.10. The molecule has 0 spiro atoms. The summed E-state index contributed by atoms with van der Waals surface area (Å²) in [6.07, 6.45) is 0. The average Bonchev–Trinajstić information content (AvgIpc) is 2.45. The number of aromatic nitrogens is 2. The first-order chi connectivity index (χ1) is 9.19. The molecule has 8 heteroatoms. The molecule has 0 radical (unpaired) electrons. The van der Waals surface area contributed by atoms with Crippen molar-refractivity contribution in [2.75, 3.05) is 37.8 Å². The molecule has 0 saturated carbocycles. The van der Waals surface area contributed by atoms with Gasteiger partial charge in [-0.1, -0.05) is 0 Å². The number of nitrogens with two attached hydrogens (primary N) is 1. The highest BCUT2D eigenvalue weighted by Gasteiger charge is 2.15. The zero-order valence-corrected chi connectivity index (χ0v) is 10.8. The Hall–Kier alpha value is -1.93. The van der Waals surface area contributed by atoms with Crippen LogP contribution in [0.25, 0.3) is 0 Å². The van der Waals surface area contributed by atoms with Crippen LogP contribution in [0.3, 0.4) is 0 Å². The summed E-state index contributed by atoms with van der Waals surface area (Å²) in [5, 5.41) is 0. The lowest BCUT2D eigenvalue weighted by Gasteiger charge is -2.27. The Kier molecular flexibility index (Phi) is 4.48. The number of nitrogens with zero attached hydrogens (tertiary/aromatic N) is 3. The molecule has 2 rings (SSSR count). The van der Waals surface area contributed by atoms with Crippen molar-refractivity contribution in [2.45, 2.75) is 6.92 Å². The molecule has 19 heavy (non-hydrogen) atoms. The van der Waals surface area contributed by atoms with Gasteiger partial charge in [0.15, 0.2) is 6.61 Å². The summed E-state index contributed by atoms with van der Waals surface area (Å²) in [7, 11) is 0. The van der Waals surface area contributed by atoms with Crippen LogP contribution < -0.4 is 20.9 Å². The van der Waals surface area contributed by atoms with Crippen molar-refractivity contribution in [3.05, 3.63) is 11.8 Å². The zero-order chi connectivity index (χ0) is 13.7. The topological polar surface area (TPSA) is 103 Å². The van der Waals surface area contributed by atoms with Crippen LogP contribution in [-0.2, 0) is 9.53 Å². The maximum atomic E-state index is 11.0. The predicted molar refractivity (Wildman–Crippen MR) is 67.6 cm³/mol. The third kappa shape index (κ3) is 3.76. The smallest absolute Gasteiger partial charge is 0.271 e. The third-order valence-corrected chi connectivity index (χ3v) is 2.62. The summed E-state index contributed by atoms with van der Waals surface area (Å²) in [6.45, 7) is 4.47. The van der Waals surface area contributed by atoms with E-state index in [4.69, 9.17) is 15.3 Å². The number of morpholine rings is 1. The Bertz CT molecular complexity index is 448. The van der Waals surface area contributed by atoms with Crippen molar-refractivity contribution in [1.82, 2.24) is 15.4 Å². The number of ether oxygens (including phenoxy) is 2. The number of hydrazine groups is 1. The van der Waals surface area contributed by atoms with Crippen molar-refractivity contribution in [2.24, 2.45) is 5.84 Å². The number of anilines is 1. The molecule has 1 saturated heterocycles. The molecule has 0 unspecified atom stereocenters. The first-order valence-electron chi connectivity index (χ1n) is 5.99. The first-order valence-corrected chi connectivity index (χ1v) is 5.99. The van der Waals surface area contributed by atoms with E-state index in [0.29, 0.717) is 25.0 Å². The Balaban J connectivity index is 2.07. The van der Waals surface area contributed by atoms with Gasteiger partial charge in [-0.25, -0.2) is 10.8 Å². The Morgan fingerprint density at radius 2 is 2.26 bits per heavy atom. The lowest BCUT2D eigenvalue weighted by molar-refractivity contribution is -0.123. The highest BCUT2D eigenvalue weighted by molar-refractivity contribution is 5.76. The second kappa shape index (κ2) is 6.30. The van der Waals surface area contributed by atoms with Gasteiger partial charge < -0.3 is 14.4 Å². The number of nitrogens with one attached hydrogen (secondary N) is 1. The summed E-state index contributed by atoms with van der Waals surface area (Å²) in [6, 6.07) is 1.67. The number of hydrogen-bond donors (Lipinski definition) is 2. The van der Waals surface area contributed by atoms with Crippen LogP contribution in [-0.4, -0.2) is 48.8 Å². The maximum absolute atomic E-state index is 11.0. The lowest BCUT2D eigenvalue weighted by Crippen LogP contribution is -2.37.